The average Bonchev–Trinajstić information content (AvgIpc) is 3.06. The molecule has 38 heavy (non-hydrogen) atoms. The van der Waals surface area contributed by atoms with E-state index >= 15 is 0 Å². The molecule has 8 nitrogen and oxygen atoms in total. The zero-order valence-corrected chi connectivity index (χ0v) is 22.1. The van der Waals surface area contributed by atoms with Crippen LogP contribution in [0.2, 0.25) is 0 Å². The molecule has 9 heteroatoms. The number of esters is 1. The maximum Gasteiger partial charge on any atom is 0.338 e. The molecule has 0 unspecified atom stereocenters. The van der Waals surface area contributed by atoms with Gasteiger partial charge in [-0.25, -0.2) is 9.69 Å². The van der Waals surface area contributed by atoms with Crippen molar-refractivity contribution < 1.29 is 23.9 Å². The minimum atomic E-state index is -0.708. The van der Waals surface area contributed by atoms with Crippen molar-refractivity contribution in [1.29, 1.82) is 0 Å². The van der Waals surface area contributed by atoms with E-state index in [9.17, 15) is 19.2 Å². The number of halogens is 1. The van der Waals surface area contributed by atoms with Crippen LogP contribution in [0.1, 0.15) is 45.7 Å². The predicted octanol–water partition coefficient (Wildman–Crippen LogP) is 5.56. The van der Waals surface area contributed by atoms with Crippen molar-refractivity contribution in [3.05, 3.63) is 99.7 Å². The van der Waals surface area contributed by atoms with Crippen LogP contribution in [-0.2, 0) is 14.3 Å². The molecule has 0 aromatic heterocycles. The summed E-state index contributed by atoms with van der Waals surface area (Å²) in [4.78, 5) is 51.8. The molecular formula is C29H26ClN3O5. The van der Waals surface area contributed by atoms with Gasteiger partial charge in [-0.05, 0) is 93.4 Å². The SMILES string of the molecule is Cc1cc(C)cc(NC(=O)c2cccc(NC3=C(Cl)C(=O)N(c4ccc(C(=O)OC(C)C)cc4)C3=O)c2)c1. The number of hydrogen-bond acceptors (Lipinski definition) is 6. The molecule has 1 aliphatic heterocycles. The highest BCUT2D eigenvalue weighted by Gasteiger charge is 2.39. The van der Waals surface area contributed by atoms with Crippen molar-refractivity contribution in [3.8, 4) is 0 Å². The Morgan fingerprint density at radius 1 is 0.842 bits per heavy atom. The molecule has 3 aromatic rings. The summed E-state index contributed by atoms with van der Waals surface area (Å²) in [6, 6.07) is 18.1. The van der Waals surface area contributed by atoms with Crippen molar-refractivity contribution in [2.45, 2.75) is 33.8 Å². The predicted molar refractivity (Wildman–Crippen MR) is 146 cm³/mol. The zero-order chi connectivity index (χ0) is 27.6. The third-order valence-corrected chi connectivity index (χ3v) is 5.96. The Hall–Kier alpha value is -4.43. The number of nitrogens with zero attached hydrogens (tertiary/aromatic N) is 1. The molecule has 0 radical (unpaired) electrons. The molecular weight excluding hydrogens is 506 g/mol. The third-order valence-electron chi connectivity index (χ3n) is 5.60. The van der Waals surface area contributed by atoms with Crippen LogP contribution in [0, 0.1) is 13.8 Å². The number of amides is 3. The van der Waals surface area contributed by atoms with E-state index in [1.165, 1.54) is 24.3 Å². The summed E-state index contributed by atoms with van der Waals surface area (Å²) in [6.45, 7) is 7.37. The largest absolute Gasteiger partial charge is 0.459 e. The van der Waals surface area contributed by atoms with Crippen molar-refractivity contribution >= 4 is 52.4 Å². The van der Waals surface area contributed by atoms with Crippen LogP contribution >= 0.6 is 11.6 Å². The first-order valence-corrected chi connectivity index (χ1v) is 12.3. The van der Waals surface area contributed by atoms with Gasteiger partial charge in [-0.1, -0.05) is 23.7 Å². The molecule has 0 saturated carbocycles. The van der Waals surface area contributed by atoms with Gasteiger partial charge < -0.3 is 15.4 Å². The number of nitrogens with one attached hydrogen (secondary N) is 2. The van der Waals surface area contributed by atoms with Crippen molar-refractivity contribution in [2.75, 3.05) is 15.5 Å². The van der Waals surface area contributed by atoms with Crippen LogP contribution < -0.4 is 15.5 Å². The quantitative estimate of drug-likeness (QED) is 0.305. The van der Waals surface area contributed by atoms with E-state index < -0.39 is 17.8 Å². The van der Waals surface area contributed by atoms with Gasteiger partial charge in [-0.2, -0.15) is 0 Å². The molecule has 1 heterocycles. The number of anilines is 3. The van der Waals surface area contributed by atoms with Crippen LogP contribution in [0.15, 0.2) is 77.5 Å². The lowest BCUT2D eigenvalue weighted by Crippen LogP contribution is -2.32. The van der Waals surface area contributed by atoms with E-state index in [0.717, 1.165) is 16.0 Å². The molecule has 0 bridgehead atoms. The minimum Gasteiger partial charge on any atom is -0.459 e. The Kier molecular flexibility index (Phi) is 7.64. The maximum atomic E-state index is 13.1. The number of aryl methyl sites for hydroxylation is 2. The normalized spacial score (nSPS) is 13.3. The minimum absolute atomic E-state index is 0.119. The summed E-state index contributed by atoms with van der Waals surface area (Å²) >= 11 is 6.25. The molecule has 194 valence electrons. The van der Waals surface area contributed by atoms with Crippen LogP contribution in [0.4, 0.5) is 17.1 Å². The fraction of sp³-hybridized carbons (Fsp3) is 0.172. The third kappa shape index (κ3) is 5.76. The molecule has 0 atom stereocenters. The highest BCUT2D eigenvalue weighted by molar-refractivity contribution is 6.53. The summed E-state index contributed by atoms with van der Waals surface area (Å²) in [7, 11) is 0. The highest BCUT2D eigenvalue weighted by Crippen LogP contribution is 2.30. The number of carbonyl (C=O) groups is 4. The maximum absolute atomic E-state index is 13.1. The Labute approximate surface area is 225 Å². The first-order chi connectivity index (χ1) is 18.0. The van der Waals surface area contributed by atoms with Gasteiger partial charge in [0.2, 0.25) is 0 Å². The van der Waals surface area contributed by atoms with Crippen molar-refractivity contribution in [1.82, 2.24) is 0 Å². The van der Waals surface area contributed by atoms with Crippen molar-refractivity contribution in [3.63, 3.8) is 0 Å². The molecule has 3 aromatic carbocycles. The summed E-state index contributed by atoms with van der Waals surface area (Å²) in [6.07, 6.45) is -0.281. The molecule has 2 N–H and O–H groups in total. The van der Waals surface area contributed by atoms with Gasteiger partial charge in [-0.15, -0.1) is 0 Å². The fourth-order valence-electron chi connectivity index (χ4n) is 4.01. The molecule has 0 aliphatic carbocycles. The summed E-state index contributed by atoms with van der Waals surface area (Å²) in [5.74, 6) is -2.21. The van der Waals surface area contributed by atoms with Gasteiger partial charge >= 0.3 is 5.97 Å². The number of hydrogen-bond donors (Lipinski definition) is 2. The highest BCUT2D eigenvalue weighted by atomic mass is 35.5. The average molecular weight is 532 g/mol. The molecule has 0 fully saturated rings. The number of carbonyl (C=O) groups excluding carboxylic acids is 4. The second-order valence-electron chi connectivity index (χ2n) is 9.17. The van der Waals surface area contributed by atoms with Crippen molar-refractivity contribution in [2.24, 2.45) is 0 Å². The van der Waals surface area contributed by atoms with Gasteiger partial charge in [0.05, 0.1) is 17.4 Å². The lowest BCUT2D eigenvalue weighted by molar-refractivity contribution is -0.120. The molecule has 4 rings (SSSR count). The van der Waals surface area contributed by atoms with E-state index in [0.29, 0.717) is 16.9 Å². The van der Waals surface area contributed by atoms with Gasteiger partial charge in [0, 0.05) is 16.9 Å². The topological polar surface area (TPSA) is 105 Å². The van der Waals surface area contributed by atoms with Crippen LogP contribution in [0.3, 0.4) is 0 Å². The first-order valence-electron chi connectivity index (χ1n) is 11.9. The van der Waals surface area contributed by atoms with E-state index in [4.69, 9.17) is 16.3 Å². The Bertz CT molecular complexity index is 1460. The van der Waals surface area contributed by atoms with E-state index in [2.05, 4.69) is 10.6 Å². The fourth-order valence-corrected chi connectivity index (χ4v) is 4.22. The van der Waals surface area contributed by atoms with Crippen LogP contribution in [-0.4, -0.2) is 29.8 Å². The van der Waals surface area contributed by atoms with Gasteiger partial charge in [0.1, 0.15) is 10.7 Å². The standard InChI is InChI=1S/C29H26ClN3O5/c1-16(2)38-29(37)19-8-10-23(11-9-19)33-27(35)24(30)25(28(33)36)31-21-7-5-6-20(15-21)26(34)32-22-13-17(3)12-18(4)14-22/h5-16,31H,1-4H3,(H,32,34). The summed E-state index contributed by atoms with van der Waals surface area (Å²) in [5, 5.41) is 5.46. The second kappa shape index (κ2) is 10.9. The van der Waals surface area contributed by atoms with Gasteiger partial charge in [0.15, 0.2) is 0 Å². The van der Waals surface area contributed by atoms with E-state index in [-0.39, 0.29) is 34.0 Å². The number of benzene rings is 3. The Morgan fingerprint density at radius 2 is 1.50 bits per heavy atom. The van der Waals surface area contributed by atoms with Crippen LogP contribution in [0.25, 0.3) is 0 Å². The number of imide groups is 1. The van der Waals surface area contributed by atoms with Gasteiger partial charge in [0.25, 0.3) is 17.7 Å². The Balaban J connectivity index is 1.50. The monoisotopic (exact) mass is 531 g/mol. The summed E-state index contributed by atoms with van der Waals surface area (Å²) < 4.78 is 5.16. The molecule has 3 amide bonds. The number of rotatable bonds is 7. The Morgan fingerprint density at radius 3 is 2.13 bits per heavy atom. The molecule has 0 saturated heterocycles. The second-order valence-corrected chi connectivity index (χ2v) is 9.55. The summed E-state index contributed by atoms with van der Waals surface area (Å²) in [5.41, 5.74) is 3.89. The lowest BCUT2D eigenvalue weighted by atomic mass is 10.1. The molecule has 0 spiro atoms. The molecule has 1 aliphatic rings. The smallest absolute Gasteiger partial charge is 0.338 e. The lowest BCUT2D eigenvalue weighted by Gasteiger charge is -2.16. The van der Waals surface area contributed by atoms with Gasteiger partial charge in [-0.3, -0.25) is 14.4 Å². The zero-order valence-electron chi connectivity index (χ0n) is 21.3. The first kappa shape index (κ1) is 26.6. The number of ether oxygens (including phenoxy) is 1. The van der Waals surface area contributed by atoms with E-state index in [1.54, 1.807) is 38.1 Å². The van der Waals surface area contributed by atoms with E-state index in [1.807, 2.05) is 32.0 Å². The van der Waals surface area contributed by atoms with Crippen LogP contribution in [0.5, 0.6) is 0 Å².